The van der Waals surface area contributed by atoms with Crippen molar-refractivity contribution in [2.75, 3.05) is 13.1 Å². The van der Waals surface area contributed by atoms with E-state index in [-0.39, 0.29) is 11.8 Å². The Hall–Kier alpha value is -1.91. The fourth-order valence-corrected chi connectivity index (χ4v) is 2.37. The van der Waals surface area contributed by atoms with Gasteiger partial charge in [-0.3, -0.25) is 9.59 Å². The van der Waals surface area contributed by atoms with Crippen LogP contribution in [0.3, 0.4) is 0 Å². The van der Waals surface area contributed by atoms with E-state index >= 15 is 0 Å². The van der Waals surface area contributed by atoms with Crippen molar-refractivity contribution in [3.8, 4) is 0 Å². The van der Waals surface area contributed by atoms with Crippen molar-refractivity contribution in [3.05, 3.63) is 35.1 Å². The molecule has 4 nitrogen and oxygen atoms in total. The van der Waals surface area contributed by atoms with Gasteiger partial charge < -0.3 is 10.0 Å². The summed E-state index contributed by atoms with van der Waals surface area (Å²) < 4.78 is 13.3. The number of nitrogens with zero attached hydrogens (tertiary/aromatic N) is 1. The Morgan fingerprint density at radius 2 is 1.89 bits per heavy atom. The van der Waals surface area contributed by atoms with Crippen LogP contribution in [-0.2, 0) is 4.79 Å². The van der Waals surface area contributed by atoms with Crippen molar-refractivity contribution in [3.63, 3.8) is 0 Å². The van der Waals surface area contributed by atoms with Crippen LogP contribution in [0.15, 0.2) is 18.2 Å². The van der Waals surface area contributed by atoms with Gasteiger partial charge in [-0.05, 0) is 43.5 Å². The molecule has 0 aromatic heterocycles. The predicted octanol–water partition coefficient (Wildman–Crippen LogP) is 2.07. The van der Waals surface area contributed by atoms with Gasteiger partial charge in [0.15, 0.2) is 0 Å². The maximum Gasteiger partial charge on any atom is 0.306 e. The van der Waals surface area contributed by atoms with Crippen LogP contribution in [0.4, 0.5) is 4.39 Å². The topological polar surface area (TPSA) is 57.6 Å². The van der Waals surface area contributed by atoms with E-state index in [4.69, 9.17) is 5.11 Å². The van der Waals surface area contributed by atoms with Crippen molar-refractivity contribution >= 4 is 11.9 Å². The summed E-state index contributed by atoms with van der Waals surface area (Å²) >= 11 is 0. The normalized spacial score (nSPS) is 16.4. The fourth-order valence-electron chi connectivity index (χ4n) is 2.37. The third kappa shape index (κ3) is 3.10. The van der Waals surface area contributed by atoms with Crippen LogP contribution in [-0.4, -0.2) is 35.0 Å². The van der Waals surface area contributed by atoms with E-state index in [2.05, 4.69) is 0 Å². The van der Waals surface area contributed by atoms with Crippen molar-refractivity contribution in [1.82, 2.24) is 4.90 Å². The van der Waals surface area contributed by atoms with E-state index in [1.807, 2.05) is 0 Å². The molecule has 1 aliphatic heterocycles. The highest BCUT2D eigenvalue weighted by molar-refractivity contribution is 5.94. The number of piperidine rings is 1. The van der Waals surface area contributed by atoms with E-state index in [1.54, 1.807) is 17.9 Å². The zero-order valence-electron chi connectivity index (χ0n) is 10.7. The number of carboxylic acids is 1. The fraction of sp³-hybridized carbons (Fsp3) is 0.429. The molecule has 1 aromatic carbocycles. The highest BCUT2D eigenvalue weighted by Crippen LogP contribution is 2.20. The van der Waals surface area contributed by atoms with Gasteiger partial charge in [-0.15, -0.1) is 0 Å². The first-order valence-electron chi connectivity index (χ1n) is 6.26. The van der Waals surface area contributed by atoms with Crippen LogP contribution in [0.1, 0.15) is 28.8 Å². The average Bonchev–Trinajstić information content (AvgIpc) is 2.37. The van der Waals surface area contributed by atoms with Crippen molar-refractivity contribution in [2.45, 2.75) is 19.8 Å². The molecule has 2 rings (SSSR count). The molecule has 1 N–H and O–H groups in total. The molecule has 0 aliphatic carbocycles. The van der Waals surface area contributed by atoms with Gasteiger partial charge in [-0.25, -0.2) is 4.39 Å². The van der Waals surface area contributed by atoms with Crippen LogP contribution in [0.5, 0.6) is 0 Å². The van der Waals surface area contributed by atoms with E-state index in [0.29, 0.717) is 37.1 Å². The quantitative estimate of drug-likeness (QED) is 0.890. The van der Waals surface area contributed by atoms with Crippen LogP contribution in [0.2, 0.25) is 0 Å². The number of hydrogen-bond acceptors (Lipinski definition) is 2. The number of hydrogen-bond donors (Lipinski definition) is 1. The highest BCUT2D eigenvalue weighted by Gasteiger charge is 2.27. The second-order valence-corrected chi connectivity index (χ2v) is 4.92. The number of aliphatic carboxylic acids is 1. The molecule has 0 atom stereocenters. The molecule has 0 unspecified atom stereocenters. The number of rotatable bonds is 2. The Bertz CT molecular complexity index is 487. The summed E-state index contributed by atoms with van der Waals surface area (Å²) in [7, 11) is 0. The number of amides is 1. The van der Waals surface area contributed by atoms with E-state index in [1.165, 1.54) is 12.1 Å². The number of benzene rings is 1. The largest absolute Gasteiger partial charge is 0.481 e. The summed E-state index contributed by atoms with van der Waals surface area (Å²) in [5.74, 6) is -1.85. The molecule has 19 heavy (non-hydrogen) atoms. The minimum Gasteiger partial charge on any atom is -0.481 e. The van der Waals surface area contributed by atoms with E-state index in [9.17, 15) is 14.0 Å². The molecule has 1 aromatic rings. The van der Waals surface area contributed by atoms with E-state index < -0.39 is 11.8 Å². The summed E-state index contributed by atoms with van der Waals surface area (Å²) in [6.45, 7) is 2.55. The lowest BCUT2D eigenvalue weighted by molar-refractivity contribution is -0.143. The molecule has 1 aliphatic rings. The predicted molar refractivity (Wildman–Crippen MR) is 67.4 cm³/mol. The van der Waals surface area contributed by atoms with Crippen LogP contribution in [0.25, 0.3) is 0 Å². The molecule has 0 spiro atoms. The zero-order chi connectivity index (χ0) is 14.0. The molecule has 0 radical (unpaired) electrons. The minimum atomic E-state index is -0.811. The van der Waals surface area contributed by atoms with Gasteiger partial charge in [0, 0.05) is 18.7 Å². The SMILES string of the molecule is Cc1cc(F)cc(C(=O)N2CCC(C(=O)O)CC2)c1. The van der Waals surface area contributed by atoms with Gasteiger partial charge in [0.05, 0.1) is 5.92 Å². The lowest BCUT2D eigenvalue weighted by Crippen LogP contribution is -2.40. The molecule has 0 bridgehead atoms. The van der Waals surface area contributed by atoms with Gasteiger partial charge in [-0.2, -0.15) is 0 Å². The van der Waals surface area contributed by atoms with Crippen LogP contribution in [0, 0.1) is 18.7 Å². The Labute approximate surface area is 110 Å². The van der Waals surface area contributed by atoms with Crippen molar-refractivity contribution < 1.29 is 19.1 Å². The maximum absolute atomic E-state index is 13.3. The Morgan fingerprint density at radius 3 is 2.42 bits per heavy atom. The van der Waals surface area contributed by atoms with Gasteiger partial charge in [-0.1, -0.05) is 0 Å². The number of halogens is 1. The second-order valence-electron chi connectivity index (χ2n) is 4.92. The summed E-state index contributed by atoms with van der Waals surface area (Å²) in [5.41, 5.74) is 1.02. The average molecular weight is 265 g/mol. The smallest absolute Gasteiger partial charge is 0.306 e. The van der Waals surface area contributed by atoms with Crippen LogP contribution >= 0.6 is 0 Å². The first kappa shape index (κ1) is 13.5. The monoisotopic (exact) mass is 265 g/mol. The zero-order valence-corrected chi connectivity index (χ0v) is 10.7. The lowest BCUT2D eigenvalue weighted by atomic mass is 9.96. The molecule has 1 amide bonds. The lowest BCUT2D eigenvalue weighted by Gasteiger charge is -2.30. The summed E-state index contributed by atoms with van der Waals surface area (Å²) in [6, 6.07) is 4.24. The summed E-state index contributed by atoms with van der Waals surface area (Å²) in [4.78, 5) is 24.6. The number of carbonyl (C=O) groups is 2. The molecule has 1 fully saturated rings. The van der Waals surface area contributed by atoms with Gasteiger partial charge in [0.1, 0.15) is 5.82 Å². The number of likely N-dealkylation sites (tertiary alicyclic amines) is 1. The van der Waals surface area contributed by atoms with Crippen molar-refractivity contribution in [2.24, 2.45) is 5.92 Å². The first-order valence-corrected chi connectivity index (χ1v) is 6.26. The number of carbonyl (C=O) groups excluding carboxylic acids is 1. The Balaban J connectivity index is 2.07. The molecule has 5 heteroatoms. The maximum atomic E-state index is 13.3. The van der Waals surface area contributed by atoms with E-state index in [0.717, 1.165) is 0 Å². The summed E-state index contributed by atoms with van der Waals surface area (Å²) in [5, 5.41) is 8.90. The van der Waals surface area contributed by atoms with Crippen molar-refractivity contribution in [1.29, 1.82) is 0 Å². The minimum absolute atomic E-state index is 0.230. The van der Waals surface area contributed by atoms with Crippen LogP contribution < -0.4 is 0 Å². The highest BCUT2D eigenvalue weighted by atomic mass is 19.1. The summed E-state index contributed by atoms with van der Waals surface area (Å²) in [6.07, 6.45) is 0.907. The van der Waals surface area contributed by atoms with Gasteiger partial charge >= 0.3 is 5.97 Å². The second kappa shape index (κ2) is 5.38. The third-order valence-corrected chi connectivity index (χ3v) is 3.42. The number of carboxylic acid groups (broad SMARTS) is 1. The first-order chi connectivity index (χ1) is 8.97. The molecule has 0 saturated carbocycles. The molecular weight excluding hydrogens is 249 g/mol. The number of aryl methyl sites for hydroxylation is 1. The molecule has 102 valence electrons. The standard InChI is InChI=1S/C14H16FNO3/c1-9-6-11(8-12(15)7-9)13(17)16-4-2-10(3-5-16)14(18)19/h6-8,10H,2-5H2,1H3,(H,18,19). The molecule has 1 saturated heterocycles. The third-order valence-electron chi connectivity index (χ3n) is 3.42. The molecule has 1 heterocycles. The van der Waals surface area contributed by atoms with Gasteiger partial charge in [0.25, 0.3) is 5.91 Å². The Morgan fingerprint density at radius 1 is 1.26 bits per heavy atom. The Kier molecular flexibility index (Phi) is 3.83. The van der Waals surface area contributed by atoms with Gasteiger partial charge in [0.2, 0.25) is 0 Å². The molecular formula is C14H16FNO3.